The number of fused-ring (bicyclic) bond motifs is 2. The van der Waals surface area contributed by atoms with E-state index < -0.39 is 0 Å². The molecule has 4 rings (SSSR count). The van der Waals surface area contributed by atoms with Gasteiger partial charge in [0, 0.05) is 24.4 Å². The number of rotatable bonds is 6. The summed E-state index contributed by atoms with van der Waals surface area (Å²) in [6.07, 6.45) is 2.03. The van der Waals surface area contributed by atoms with Gasteiger partial charge in [-0.3, -0.25) is 9.59 Å². The SMILES string of the molecule is O=C(CCS[C@@H]1CCc2ccccc2NC1=O)NCc1ccc2c(c1)OCO2. The summed E-state index contributed by atoms with van der Waals surface area (Å²) in [7, 11) is 0. The fourth-order valence-corrected chi connectivity index (χ4v) is 4.37. The molecule has 0 unspecified atom stereocenters. The van der Waals surface area contributed by atoms with Gasteiger partial charge in [-0.2, -0.15) is 0 Å². The highest BCUT2D eigenvalue weighted by molar-refractivity contribution is 8.00. The first kappa shape index (κ1) is 18.7. The first-order valence-electron chi connectivity index (χ1n) is 9.34. The number of hydrogen-bond donors (Lipinski definition) is 2. The number of thioether (sulfide) groups is 1. The molecule has 2 aliphatic heterocycles. The monoisotopic (exact) mass is 398 g/mol. The van der Waals surface area contributed by atoms with E-state index in [0.717, 1.165) is 29.8 Å². The van der Waals surface area contributed by atoms with E-state index in [2.05, 4.69) is 10.6 Å². The highest BCUT2D eigenvalue weighted by atomic mass is 32.2. The number of amides is 2. The molecule has 2 heterocycles. The van der Waals surface area contributed by atoms with Crippen molar-refractivity contribution in [2.24, 2.45) is 0 Å². The zero-order chi connectivity index (χ0) is 19.3. The van der Waals surface area contributed by atoms with Gasteiger partial charge in [0.15, 0.2) is 11.5 Å². The number of nitrogens with one attached hydrogen (secondary N) is 2. The summed E-state index contributed by atoms with van der Waals surface area (Å²) in [5, 5.41) is 5.78. The van der Waals surface area contributed by atoms with Crippen molar-refractivity contribution in [2.45, 2.75) is 31.1 Å². The molecule has 7 heteroatoms. The van der Waals surface area contributed by atoms with Crippen LogP contribution in [0.4, 0.5) is 5.69 Å². The van der Waals surface area contributed by atoms with Gasteiger partial charge in [-0.15, -0.1) is 11.8 Å². The summed E-state index contributed by atoms with van der Waals surface area (Å²) in [6.45, 7) is 0.682. The molecule has 0 saturated carbocycles. The molecule has 0 fully saturated rings. The Balaban J connectivity index is 1.21. The Morgan fingerprint density at radius 2 is 2.04 bits per heavy atom. The topological polar surface area (TPSA) is 76.7 Å². The first-order chi connectivity index (χ1) is 13.7. The van der Waals surface area contributed by atoms with E-state index in [4.69, 9.17) is 9.47 Å². The molecule has 0 aromatic heterocycles. The second kappa shape index (κ2) is 8.56. The third-order valence-electron chi connectivity index (χ3n) is 4.82. The highest BCUT2D eigenvalue weighted by Gasteiger charge is 2.23. The predicted octanol–water partition coefficient (Wildman–Crippen LogP) is 3.11. The van der Waals surface area contributed by atoms with Crippen LogP contribution in [-0.4, -0.2) is 29.6 Å². The van der Waals surface area contributed by atoms with Crippen molar-refractivity contribution in [3.05, 3.63) is 53.6 Å². The Morgan fingerprint density at radius 1 is 1.18 bits per heavy atom. The molecule has 0 bridgehead atoms. The minimum atomic E-state index is -0.131. The lowest BCUT2D eigenvalue weighted by Crippen LogP contribution is -2.26. The Bertz CT molecular complexity index is 886. The Labute approximate surface area is 168 Å². The molecular weight excluding hydrogens is 376 g/mol. The van der Waals surface area contributed by atoms with Crippen LogP contribution in [0.15, 0.2) is 42.5 Å². The molecule has 2 aromatic carbocycles. The van der Waals surface area contributed by atoms with E-state index in [9.17, 15) is 9.59 Å². The fraction of sp³-hybridized carbons (Fsp3) is 0.333. The van der Waals surface area contributed by atoms with E-state index >= 15 is 0 Å². The van der Waals surface area contributed by atoms with Crippen LogP contribution in [0.5, 0.6) is 11.5 Å². The van der Waals surface area contributed by atoms with Crippen molar-refractivity contribution in [2.75, 3.05) is 17.9 Å². The lowest BCUT2D eigenvalue weighted by Gasteiger charge is -2.12. The lowest BCUT2D eigenvalue weighted by atomic mass is 10.1. The average molecular weight is 398 g/mol. The minimum absolute atomic E-state index is 0.0238. The van der Waals surface area contributed by atoms with Crippen LogP contribution in [0.2, 0.25) is 0 Å². The molecule has 6 nitrogen and oxygen atoms in total. The summed E-state index contributed by atoms with van der Waals surface area (Å²) >= 11 is 1.55. The van der Waals surface area contributed by atoms with Gasteiger partial charge in [0.2, 0.25) is 18.6 Å². The van der Waals surface area contributed by atoms with Crippen LogP contribution in [0.25, 0.3) is 0 Å². The standard InChI is InChI=1S/C21H22N2O4S/c24-20(22-12-14-5-7-17-18(11-14)27-13-26-17)9-10-28-19-8-6-15-3-1-2-4-16(15)23-21(19)25/h1-5,7,11,19H,6,8-10,12-13H2,(H,22,24)(H,23,25)/t19-/m1/s1. The second-order valence-corrected chi connectivity index (χ2v) is 8.07. The van der Waals surface area contributed by atoms with Gasteiger partial charge in [-0.05, 0) is 42.2 Å². The molecule has 0 aliphatic carbocycles. The maximum absolute atomic E-state index is 12.4. The Hall–Kier alpha value is -2.67. The molecule has 2 aromatic rings. The number of benzene rings is 2. The zero-order valence-electron chi connectivity index (χ0n) is 15.4. The minimum Gasteiger partial charge on any atom is -0.454 e. The van der Waals surface area contributed by atoms with E-state index in [-0.39, 0.29) is 23.9 Å². The van der Waals surface area contributed by atoms with E-state index in [1.807, 2.05) is 42.5 Å². The lowest BCUT2D eigenvalue weighted by molar-refractivity contribution is -0.121. The molecule has 0 spiro atoms. The number of hydrogen-bond acceptors (Lipinski definition) is 5. The Morgan fingerprint density at radius 3 is 2.96 bits per heavy atom. The van der Waals surface area contributed by atoms with Crippen LogP contribution in [0.3, 0.4) is 0 Å². The van der Waals surface area contributed by atoms with Crippen molar-refractivity contribution in [3.63, 3.8) is 0 Å². The number of ether oxygens (including phenoxy) is 2. The van der Waals surface area contributed by atoms with Crippen molar-refractivity contribution >= 4 is 29.3 Å². The van der Waals surface area contributed by atoms with Crippen LogP contribution >= 0.6 is 11.8 Å². The van der Waals surface area contributed by atoms with Gasteiger partial charge < -0.3 is 20.1 Å². The number of carbonyl (C=O) groups excluding carboxylic acids is 2. The fourth-order valence-electron chi connectivity index (χ4n) is 3.28. The first-order valence-corrected chi connectivity index (χ1v) is 10.4. The molecule has 146 valence electrons. The number of para-hydroxylation sites is 1. The maximum atomic E-state index is 12.4. The van der Waals surface area contributed by atoms with Crippen molar-refractivity contribution in [1.82, 2.24) is 5.32 Å². The quantitative estimate of drug-likeness (QED) is 0.782. The van der Waals surface area contributed by atoms with Crippen LogP contribution < -0.4 is 20.1 Å². The van der Waals surface area contributed by atoms with Gasteiger partial charge in [0.05, 0.1) is 5.25 Å². The molecular formula is C21H22N2O4S. The molecule has 2 amide bonds. The summed E-state index contributed by atoms with van der Waals surface area (Å²) in [4.78, 5) is 24.5. The van der Waals surface area contributed by atoms with Crippen LogP contribution in [0.1, 0.15) is 24.0 Å². The Kier molecular flexibility index (Phi) is 5.71. The molecule has 0 saturated heterocycles. The van der Waals surface area contributed by atoms with Crippen LogP contribution in [-0.2, 0) is 22.6 Å². The highest BCUT2D eigenvalue weighted by Crippen LogP contribution is 2.32. The van der Waals surface area contributed by atoms with E-state index in [1.165, 1.54) is 5.56 Å². The van der Waals surface area contributed by atoms with Crippen LogP contribution in [0, 0.1) is 0 Å². The summed E-state index contributed by atoms with van der Waals surface area (Å²) < 4.78 is 10.6. The van der Waals surface area contributed by atoms with E-state index in [0.29, 0.717) is 24.5 Å². The summed E-state index contributed by atoms with van der Waals surface area (Å²) in [6, 6.07) is 13.5. The van der Waals surface area contributed by atoms with Gasteiger partial charge >= 0.3 is 0 Å². The summed E-state index contributed by atoms with van der Waals surface area (Å²) in [5.74, 6) is 2.05. The molecule has 2 aliphatic rings. The average Bonchev–Trinajstić information content (AvgIpc) is 3.11. The van der Waals surface area contributed by atoms with Crippen molar-refractivity contribution in [1.29, 1.82) is 0 Å². The van der Waals surface area contributed by atoms with Gasteiger partial charge in [0.25, 0.3) is 0 Å². The third kappa shape index (κ3) is 4.42. The van der Waals surface area contributed by atoms with Gasteiger partial charge in [0.1, 0.15) is 0 Å². The molecule has 1 atom stereocenters. The molecule has 0 radical (unpaired) electrons. The summed E-state index contributed by atoms with van der Waals surface area (Å²) in [5.41, 5.74) is 3.03. The van der Waals surface area contributed by atoms with Crippen molar-refractivity contribution < 1.29 is 19.1 Å². The number of anilines is 1. The largest absolute Gasteiger partial charge is 0.454 e. The third-order valence-corrected chi connectivity index (χ3v) is 6.11. The zero-order valence-corrected chi connectivity index (χ0v) is 16.2. The maximum Gasteiger partial charge on any atom is 0.237 e. The molecule has 28 heavy (non-hydrogen) atoms. The predicted molar refractivity (Wildman–Crippen MR) is 109 cm³/mol. The molecule has 2 N–H and O–H groups in total. The normalized spacial score (nSPS) is 17.4. The number of aryl methyl sites for hydroxylation is 1. The van der Waals surface area contributed by atoms with Gasteiger partial charge in [-0.25, -0.2) is 0 Å². The van der Waals surface area contributed by atoms with E-state index in [1.54, 1.807) is 11.8 Å². The smallest absolute Gasteiger partial charge is 0.237 e. The number of carbonyl (C=O) groups is 2. The van der Waals surface area contributed by atoms with Crippen molar-refractivity contribution in [3.8, 4) is 11.5 Å². The van der Waals surface area contributed by atoms with Gasteiger partial charge in [-0.1, -0.05) is 24.3 Å². The second-order valence-electron chi connectivity index (χ2n) is 6.76.